The van der Waals surface area contributed by atoms with Crippen LogP contribution in [0.4, 0.5) is 0 Å². The van der Waals surface area contributed by atoms with Gasteiger partial charge in [-0.25, -0.2) is 9.97 Å². The molecule has 5 nitrogen and oxygen atoms in total. The maximum atomic E-state index is 6.85. The van der Waals surface area contributed by atoms with Gasteiger partial charge >= 0.3 is 0 Å². The SMILES string of the molecule is c1ccc(-c2ccc(-c3nc(-n4c5ccccc5c5c6oc7ccccc7c6cc(-c6ccc7c(c6)c6ccccc6n7-c6ccccc6)c54)nc4ccccc34)cc2)cc1. The first kappa shape index (κ1) is 33.7. The number of furan rings is 1. The van der Waals surface area contributed by atoms with Crippen molar-refractivity contribution in [1.29, 1.82) is 0 Å². The van der Waals surface area contributed by atoms with Crippen molar-refractivity contribution in [1.82, 2.24) is 19.1 Å². The highest BCUT2D eigenvalue weighted by atomic mass is 16.3. The molecule has 61 heavy (non-hydrogen) atoms. The molecule has 0 spiro atoms. The smallest absolute Gasteiger partial charge is 0.235 e. The number of benzene rings is 9. The summed E-state index contributed by atoms with van der Waals surface area (Å²) in [6.07, 6.45) is 0. The van der Waals surface area contributed by atoms with E-state index < -0.39 is 0 Å². The molecule has 13 rings (SSSR count). The lowest BCUT2D eigenvalue weighted by atomic mass is 9.97. The molecule has 0 fully saturated rings. The van der Waals surface area contributed by atoms with Gasteiger partial charge in [-0.3, -0.25) is 4.57 Å². The summed E-state index contributed by atoms with van der Waals surface area (Å²) in [6.45, 7) is 0. The van der Waals surface area contributed by atoms with Crippen LogP contribution < -0.4 is 0 Å². The van der Waals surface area contributed by atoms with E-state index in [-0.39, 0.29) is 0 Å². The number of fused-ring (bicyclic) bond motifs is 11. The summed E-state index contributed by atoms with van der Waals surface area (Å²) < 4.78 is 11.5. The zero-order valence-electron chi connectivity index (χ0n) is 32.8. The van der Waals surface area contributed by atoms with Gasteiger partial charge in [-0.1, -0.05) is 152 Å². The van der Waals surface area contributed by atoms with Gasteiger partial charge < -0.3 is 8.98 Å². The van der Waals surface area contributed by atoms with E-state index in [1.165, 1.54) is 21.9 Å². The molecule has 9 aromatic carbocycles. The van der Waals surface area contributed by atoms with E-state index in [2.05, 4.69) is 209 Å². The Hall–Kier alpha value is -8.28. The highest BCUT2D eigenvalue weighted by molar-refractivity contribution is 6.27. The summed E-state index contributed by atoms with van der Waals surface area (Å²) >= 11 is 0. The molecule has 0 aliphatic heterocycles. The van der Waals surface area contributed by atoms with Gasteiger partial charge in [0.2, 0.25) is 5.95 Å². The third kappa shape index (κ3) is 5.08. The van der Waals surface area contributed by atoms with Crippen molar-refractivity contribution in [2.45, 2.75) is 0 Å². The number of nitrogens with zero attached hydrogens (tertiary/aromatic N) is 4. The van der Waals surface area contributed by atoms with Crippen LogP contribution in [0.2, 0.25) is 0 Å². The van der Waals surface area contributed by atoms with Gasteiger partial charge in [0.05, 0.1) is 38.7 Å². The fourth-order valence-corrected chi connectivity index (χ4v) is 9.59. The van der Waals surface area contributed by atoms with E-state index >= 15 is 0 Å². The van der Waals surface area contributed by atoms with Crippen LogP contribution in [0.1, 0.15) is 0 Å². The minimum atomic E-state index is 0.602. The number of aromatic nitrogens is 4. The van der Waals surface area contributed by atoms with Gasteiger partial charge in [0.1, 0.15) is 11.2 Å². The predicted molar refractivity (Wildman–Crippen MR) is 252 cm³/mol. The molecule has 0 radical (unpaired) electrons. The Labute approximate surface area is 350 Å². The van der Waals surface area contributed by atoms with Crippen molar-refractivity contribution < 1.29 is 4.42 Å². The fourth-order valence-electron chi connectivity index (χ4n) is 9.59. The van der Waals surface area contributed by atoms with E-state index in [4.69, 9.17) is 14.4 Å². The minimum Gasteiger partial charge on any atom is -0.455 e. The van der Waals surface area contributed by atoms with Crippen LogP contribution in [0, 0.1) is 0 Å². The van der Waals surface area contributed by atoms with Gasteiger partial charge in [-0.2, -0.15) is 0 Å². The fraction of sp³-hybridized carbons (Fsp3) is 0. The normalized spacial score (nSPS) is 11.9. The lowest BCUT2D eigenvalue weighted by molar-refractivity contribution is 0.673. The Morgan fingerprint density at radius 3 is 1.77 bits per heavy atom. The van der Waals surface area contributed by atoms with Gasteiger partial charge in [0, 0.05) is 49.1 Å². The first-order valence-corrected chi connectivity index (χ1v) is 20.7. The number of para-hydroxylation sites is 5. The molecule has 0 saturated heterocycles. The third-order valence-electron chi connectivity index (χ3n) is 12.3. The number of hydrogen-bond donors (Lipinski definition) is 0. The van der Waals surface area contributed by atoms with E-state index in [1.54, 1.807) is 0 Å². The topological polar surface area (TPSA) is 48.8 Å². The number of rotatable bonds is 5. The molecule has 4 heterocycles. The van der Waals surface area contributed by atoms with Gasteiger partial charge in [-0.15, -0.1) is 0 Å². The van der Waals surface area contributed by atoms with E-state index in [0.29, 0.717) is 5.95 Å². The molecule has 0 bridgehead atoms. The maximum absolute atomic E-state index is 6.85. The van der Waals surface area contributed by atoms with Crippen molar-refractivity contribution in [3.63, 3.8) is 0 Å². The summed E-state index contributed by atoms with van der Waals surface area (Å²) in [5.41, 5.74) is 14.5. The summed E-state index contributed by atoms with van der Waals surface area (Å²) in [5, 5.41) is 7.67. The molecule has 0 saturated carbocycles. The highest BCUT2D eigenvalue weighted by Crippen LogP contribution is 2.46. The third-order valence-corrected chi connectivity index (χ3v) is 12.3. The molecular weight excluding hydrogens is 745 g/mol. The first-order valence-electron chi connectivity index (χ1n) is 20.7. The van der Waals surface area contributed by atoms with E-state index in [0.717, 1.165) is 93.8 Å². The molecule has 4 aromatic heterocycles. The number of hydrogen-bond acceptors (Lipinski definition) is 3. The van der Waals surface area contributed by atoms with Crippen LogP contribution in [0.25, 0.3) is 122 Å². The second kappa shape index (κ2) is 13.1. The summed E-state index contributed by atoms with van der Waals surface area (Å²) in [7, 11) is 0. The Balaban J connectivity index is 1.13. The molecule has 0 aliphatic carbocycles. The van der Waals surface area contributed by atoms with Crippen molar-refractivity contribution in [3.05, 3.63) is 206 Å². The molecule has 0 unspecified atom stereocenters. The molecule has 13 aromatic rings. The first-order chi connectivity index (χ1) is 30.3. The molecule has 5 heteroatoms. The van der Waals surface area contributed by atoms with Crippen LogP contribution in [0.3, 0.4) is 0 Å². The Morgan fingerprint density at radius 2 is 0.967 bits per heavy atom. The molecule has 0 amide bonds. The monoisotopic (exact) mass is 778 g/mol. The zero-order chi connectivity index (χ0) is 40.0. The Bertz CT molecular complexity index is 3860. The van der Waals surface area contributed by atoms with Crippen LogP contribution >= 0.6 is 0 Å². The summed E-state index contributed by atoms with van der Waals surface area (Å²) in [4.78, 5) is 10.9. The molecule has 284 valence electrons. The van der Waals surface area contributed by atoms with Crippen molar-refractivity contribution >= 4 is 76.5 Å². The standard InChI is InChI=1S/C56H34N4O/c1-3-15-35(16-4-1)36-27-29-37(30-28-36)53-42-21-7-11-23-47(42)57-56(58-53)60-49-25-13-9-22-43(49)52-54(60)44(34-46-41-20-10-14-26-51(41)61-55(46)52)38-31-32-50-45(33-38)40-19-8-12-24-48(40)59(50)39-17-5-2-6-18-39/h1-34H. The largest absolute Gasteiger partial charge is 0.455 e. The lowest BCUT2D eigenvalue weighted by Crippen LogP contribution is -2.04. The summed E-state index contributed by atoms with van der Waals surface area (Å²) in [6, 6.07) is 73.0. The van der Waals surface area contributed by atoms with Crippen molar-refractivity contribution in [3.8, 4) is 45.1 Å². The highest BCUT2D eigenvalue weighted by Gasteiger charge is 2.25. The van der Waals surface area contributed by atoms with Crippen molar-refractivity contribution in [2.75, 3.05) is 0 Å². The van der Waals surface area contributed by atoms with Gasteiger partial charge in [-0.05, 0) is 71.3 Å². The maximum Gasteiger partial charge on any atom is 0.235 e. The quantitative estimate of drug-likeness (QED) is 0.175. The van der Waals surface area contributed by atoms with Crippen molar-refractivity contribution in [2.24, 2.45) is 0 Å². The molecule has 0 atom stereocenters. The minimum absolute atomic E-state index is 0.602. The molecule has 0 N–H and O–H groups in total. The van der Waals surface area contributed by atoms with Gasteiger partial charge in [0.25, 0.3) is 0 Å². The second-order valence-corrected chi connectivity index (χ2v) is 15.7. The predicted octanol–water partition coefficient (Wildman–Crippen LogP) is 14.7. The van der Waals surface area contributed by atoms with Crippen LogP contribution in [-0.4, -0.2) is 19.1 Å². The Morgan fingerprint density at radius 1 is 0.377 bits per heavy atom. The van der Waals surface area contributed by atoms with Crippen LogP contribution in [-0.2, 0) is 0 Å². The molecular formula is C56H34N4O. The van der Waals surface area contributed by atoms with Crippen LogP contribution in [0.5, 0.6) is 0 Å². The second-order valence-electron chi connectivity index (χ2n) is 15.7. The van der Waals surface area contributed by atoms with Gasteiger partial charge in [0.15, 0.2) is 0 Å². The lowest BCUT2D eigenvalue weighted by Gasteiger charge is -2.14. The summed E-state index contributed by atoms with van der Waals surface area (Å²) in [5.74, 6) is 0.602. The molecule has 0 aliphatic rings. The van der Waals surface area contributed by atoms with Crippen LogP contribution in [0.15, 0.2) is 211 Å². The van der Waals surface area contributed by atoms with E-state index in [1.807, 2.05) is 6.07 Å². The average Bonchev–Trinajstić information content (AvgIpc) is 3.99. The zero-order valence-corrected chi connectivity index (χ0v) is 32.8. The Kier molecular flexibility index (Phi) is 7.24. The average molecular weight is 779 g/mol. The van der Waals surface area contributed by atoms with E-state index in [9.17, 15) is 0 Å².